The van der Waals surface area contributed by atoms with Crippen molar-refractivity contribution in [2.45, 2.75) is 239 Å². The molecule has 0 spiro atoms. The molecule has 0 aliphatic rings. The molecule has 0 saturated heterocycles. The van der Waals surface area contributed by atoms with Crippen LogP contribution in [0.15, 0.2) is 0 Å². The molecule has 0 heterocycles. The fourth-order valence-corrected chi connectivity index (χ4v) is 6.14. The van der Waals surface area contributed by atoms with Crippen LogP contribution in [0.1, 0.15) is 239 Å². The number of hydrogen-bond donors (Lipinski definition) is 0. The van der Waals surface area contributed by atoms with E-state index in [1.165, 1.54) is 218 Å². The molecule has 229 valence electrons. The zero-order valence-electron chi connectivity index (χ0n) is 27.5. The highest BCUT2D eigenvalue weighted by molar-refractivity contribution is 4.89. The molecular weight excluding hydrogens is 456 g/mol. The van der Waals surface area contributed by atoms with Crippen LogP contribution in [0.25, 0.3) is 0 Å². The Hall–Kier alpha value is 0. The molecule has 0 N–H and O–H groups in total. The second-order valence-corrected chi connectivity index (χ2v) is 12.9. The summed E-state index contributed by atoms with van der Waals surface area (Å²) in [5, 5.41) is 0. The van der Waals surface area contributed by atoms with Gasteiger partial charge in [-0.15, -0.1) is 0 Å². The van der Waals surface area contributed by atoms with E-state index in [0.29, 0.717) is 0 Å². The molecule has 0 nitrogen and oxygen atoms in total. The Morgan fingerprint density at radius 2 is 0.368 bits per heavy atom. The molecule has 0 bridgehead atoms. The normalized spacial score (nSPS) is 11.7. The van der Waals surface area contributed by atoms with Crippen molar-refractivity contribution in [3.63, 3.8) is 0 Å². The van der Waals surface area contributed by atoms with Gasteiger partial charge in [-0.2, -0.15) is 0 Å². The third kappa shape index (κ3) is 32.2. The van der Waals surface area contributed by atoms with Gasteiger partial charge in [-0.3, -0.25) is 0 Å². The van der Waals surface area contributed by atoms with E-state index in [9.17, 15) is 0 Å². The molecular formula is C38H77. The monoisotopic (exact) mass is 534 g/mol. The minimum absolute atomic E-state index is 1.37. The topological polar surface area (TPSA) is 0 Å². The van der Waals surface area contributed by atoms with Crippen LogP contribution in [0.5, 0.6) is 0 Å². The fraction of sp³-hybridized carbons (Fsp3) is 0.974. The lowest BCUT2D eigenvalue weighted by Crippen LogP contribution is -1.99. The Kier molecular flexibility index (Phi) is 35.0. The standard InChI is InChI=1S/C38H77/c1-4-7-10-13-16-18-20-21-22-23-24-26-28-31-34-37-38(35-32-29-15-12-9-6-3)36-33-30-27-25-19-17-14-11-8-5-2/h4-37H2,1-3H3. The summed E-state index contributed by atoms with van der Waals surface area (Å²) in [7, 11) is 0. The second kappa shape index (κ2) is 35.0. The van der Waals surface area contributed by atoms with Gasteiger partial charge in [0, 0.05) is 0 Å². The van der Waals surface area contributed by atoms with E-state index in [0.717, 1.165) is 0 Å². The van der Waals surface area contributed by atoms with Crippen molar-refractivity contribution in [3.05, 3.63) is 5.92 Å². The Bertz CT molecular complexity index is 385. The summed E-state index contributed by atoms with van der Waals surface area (Å²) in [5.41, 5.74) is 0. The predicted octanol–water partition coefficient (Wildman–Crippen LogP) is 14.9. The largest absolute Gasteiger partial charge is 0.0654 e. The summed E-state index contributed by atoms with van der Waals surface area (Å²) in [6, 6.07) is 0. The van der Waals surface area contributed by atoms with E-state index in [-0.39, 0.29) is 0 Å². The molecule has 0 atom stereocenters. The molecule has 0 aromatic carbocycles. The van der Waals surface area contributed by atoms with Gasteiger partial charge in [-0.1, -0.05) is 220 Å². The van der Waals surface area contributed by atoms with Gasteiger partial charge in [0.15, 0.2) is 0 Å². The first-order valence-corrected chi connectivity index (χ1v) is 18.7. The minimum Gasteiger partial charge on any atom is -0.0654 e. The molecule has 0 rings (SSSR count). The summed E-state index contributed by atoms with van der Waals surface area (Å²) in [5.74, 6) is 1.94. The maximum absolute atomic E-state index is 2.33. The van der Waals surface area contributed by atoms with Gasteiger partial charge in [0.2, 0.25) is 0 Å². The summed E-state index contributed by atoms with van der Waals surface area (Å²) in [6.07, 6.45) is 49.8. The highest BCUT2D eigenvalue weighted by atomic mass is 14.1. The third-order valence-corrected chi connectivity index (χ3v) is 8.90. The SMILES string of the molecule is CCCCCCCCCCCCCCCCC[C](CCCCCCCC)CCCCCCCCCCCC. The minimum atomic E-state index is 1.37. The molecule has 1 radical (unpaired) electrons. The van der Waals surface area contributed by atoms with Crippen LogP contribution in [0.4, 0.5) is 0 Å². The molecule has 0 amide bonds. The zero-order valence-corrected chi connectivity index (χ0v) is 27.5. The fourth-order valence-electron chi connectivity index (χ4n) is 6.14. The molecule has 0 heteroatoms. The van der Waals surface area contributed by atoms with Gasteiger partial charge in [0.25, 0.3) is 0 Å². The first-order chi connectivity index (χ1) is 18.8. The van der Waals surface area contributed by atoms with Crippen LogP contribution in [0, 0.1) is 5.92 Å². The van der Waals surface area contributed by atoms with Crippen molar-refractivity contribution in [2.75, 3.05) is 0 Å². The van der Waals surface area contributed by atoms with Crippen LogP contribution >= 0.6 is 0 Å². The average molecular weight is 534 g/mol. The van der Waals surface area contributed by atoms with Gasteiger partial charge in [0.05, 0.1) is 0 Å². The second-order valence-electron chi connectivity index (χ2n) is 12.9. The van der Waals surface area contributed by atoms with Crippen molar-refractivity contribution in [1.82, 2.24) is 0 Å². The molecule has 0 aliphatic heterocycles. The third-order valence-electron chi connectivity index (χ3n) is 8.90. The molecule has 0 aromatic rings. The summed E-state index contributed by atoms with van der Waals surface area (Å²) < 4.78 is 0. The molecule has 0 aromatic heterocycles. The molecule has 0 unspecified atom stereocenters. The van der Waals surface area contributed by atoms with Crippen molar-refractivity contribution < 1.29 is 0 Å². The van der Waals surface area contributed by atoms with Gasteiger partial charge in [0.1, 0.15) is 0 Å². The molecule has 0 fully saturated rings. The first-order valence-electron chi connectivity index (χ1n) is 18.7. The van der Waals surface area contributed by atoms with Crippen LogP contribution in [-0.2, 0) is 0 Å². The maximum Gasteiger partial charge on any atom is -0.0241 e. The van der Waals surface area contributed by atoms with Gasteiger partial charge in [-0.25, -0.2) is 0 Å². The van der Waals surface area contributed by atoms with Crippen LogP contribution in [0.2, 0.25) is 0 Å². The summed E-state index contributed by atoms with van der Waals surface area (Å²) >= 11 is 0. The Morgan fingerprint density at radius 1 is 0.211 bits per heavy atom. The van der Waals surface area contributed by atoms with Crippen LogP contribution in [-0.4, -0.2) is 0 Å². The van der Waals surface area contributed by atoms with E-state index in [1.807, 2.05) is 5.92 Å². The zero-order chi connectivity index (χ0) is 27.6. The van der Waals surface area contributed by atoms with Crippen molar-refractivity contribution >= 4 is 0 Å². The van der Waals surface area contributed by atoms with E-state index in [4.69, 9.17) is 0 Å². The van der Waals surface area contributed by atoms with Crippen LogP contribution < -0.4 is 0 Å². The maximum atomic E-state index is 2.33. The van der Waals surface area contributed by atoms with E-state index < -0.39 is 0 Å². The quantitative estimate of drug-likeness (QED) is 0.0721. The molecule has 0 aliphatic carbocycles. The van der Waals surface area contributed by atoms with E-state index >= 15 is 0 Å². The lowest BCUT2D eigenvalue weighted by Gasteiger charge is -2.16. The van der Waals surface area contributed by atoms with E-state index in [1.54, 1.807) is 0 Å². The van der Waals surface area contributed by atoms with E-state index in [2.05, 4.69) is 20.8 Å². The number of rotatable bonds is 34. The van der Waals surface area contributed by atoms with Gasteiger partial charge in [-0.05, 0) is 25.2 Å². The lowest BCUT2D eigenvalue weighted by atomic mass is 9.89. The molecule has 38 heavy (non-hydrogen) atoms. The summed E-state index contributed by atoms with van der Waals surface area (Å²) in [6.45, 7) is 6.96. The number of unbranched alkanes of at least 4 members (excludes halogenated alkanes) is 28. The Morgan fingerprint density at radius 3 is 0.553 bits per heavy atom. The predicted molar refractivity (Wildman–Crippen MR) is 177 cm³/mol. The number of hydrogen-bond acceptors (Lipinski definition) is 0. The Balaban J connectivity index is 3.73. The highest BCUT2D eigenvalue weighted by Crippen LogP contribution is 2.27. The van der Waals surface area contributed by atoms with Gasteiger partial charge >= 0.3 is 0 Å². The van der Waals surface area contributed by atoms with Crippen molar-refractivity contribution in [3.8, 4) is 0 Å². The van der Waals surface area contributed by atoms with Crippen molar-refractivity contribution in [1.29, 1.82) is 0 Å². The van der Waals surface area contributed by atoms with Crippen molar-refractivity contribution in [2.24, 2.45) is 0 Å². The highest BCUT2D eigenvalue weighted by Gasteiger charge is 2.09. The average Bonchev–Trinajstić information content (AvgIpc) is 2.93. The Labute approximate surface area is 244 Å². The first kappa shape index (κ1) is 38.0. The smallest absolute Gasteiger partial charge is 0.0241 e. The van der Waals surface area contributed by atoms with Crippen LogP contribution in [0.3, 0.4) is 0 Å². The molecule has 0 saturated carbocycles. The van der Waals surface area contributed by atoms with Gasteiger partial charge < -0.3 is 0 Å². The lowest BCUT2D eigenvalue weighted by molar-refractivity contribution is 0.503. The summed E-state index contributed by atoms with van der Waals surface area (Å²) in [4.78, 5) is 0.